The zero-order valence-corrected chi connectivity index (χ0v) is 12.0. The number of rotatable bonds is 4. The summed E-state index contributed by atoms with van der Waals surface area (Å²) in [6.07, 6.45) is 0.696. The molecule has 4 heteroatoms. The van der Waals surface area contributed by atoms with Crippen LogP contribution in [0.5, 0.6) is 0 Å². The third-order valence-electron chi connectivity index (χ3n) is 3.24. The van der Waals surface area contributed by atoms with Crippen molar-refractivity contribution in [2.75, 3.05) is 0 Å². The SMILES string of the molecule is CCc1nc(-c2ccccc2)n(CC(C)=O)c(=O)c1C. The molecular formula is C16H18N2O2. The molecule has 0 aliphatic carbocycles. The van der Waals surface area contributed by atoms with Crippen LogP contribution in [0.2, 0.25) is 0 Å². The number of aryl methyl sites for hydroxylation is 1. The van der Waals surface area contributed by atoms with Crippen LogP contribution < -0.4 is 5.56 Å². The van der Waals surface area contributed by atoms with Crippen molar-refractivity contribution in [2.24, 2.45) is 0 Å². The lowest BCUT2D eigenvalue weighted by atomic mass is 10.1. The van der Waals surface area contributed by atoms with Crippen LogP contribution in [0.4, 0.5) is 0 Å². The second-order valence-electron chi connectivity index (χ2n) is 4.82. The van der Waals surface area contributed by atoms with E-state index in [-0.39, 0.29) is 17.9 Å². The number of carbonyl (C=O) groups is 1. The van der Waals surface area contributed by atoms with Crippen molar-refractivity contribution < 1.29 is 4.79 Å². The average Bonchev–Trinajstić information content (AvgIpc) is 2.45. The number of benzene rings is 1. The first-order valence-electron chi connectivity index (χ1n) is 6.69. The molecule has 0 spiro atoms. The molecule has 1 heterocycles. The van der Waals surface area contributed by atoms with Gasteiger partial charge in [-0.25, -0.2) is 4.98 Å². The lowest BCUT2D eigenvalue weighted by molar-refractivity contribution is -0.117. The fraction of sp³-hybridized carbons (Fsp3) is 0.312. The van der Waals surface area contributed by atoms with Crippen molar-refractivity contribution in [1.82, 2.24) is 9.55 Å². The van der Waals surface area contributed by atoms with E-state index in [1.807, 2.05) is 37.3 Å². The van der Waals surface area contributed by atoms with Crippen LogP contribution in [0.15, 0.2) is 35.1 Å². The van der Waals surface area contributed by atoms with Gasteiger partial charge in [0.25, 0.3) is 5.56 Å². The number of carbonyl (C=O) groups excluding carboxylic acids is 1. The van der Waals surface area contributed by atoms with Crippen molar-refractivity contribution in [3.8, 4) is 11.4 Å². The van der Waals surface area contributed by atoms with Crippen LogP contribution in [0.1, 0.15) is 25.1 Å². The summed E-state index contributed by atoms with van der Waals surface area (Å²) in [4.78, 5) is 28.5. The van der Waals surface area contributed by atoms with E-state index in [1.165, 1.54) is 11.5 Å². The fourth-order valence-corrected chi connectivity index (χ4v) is 2.22. The van der Waals surface area contributed by atoms with Gasteiger partial charge in [-0.2, -0.15) is 0 Å². The van der Waals surface area contributed by atoms with Crippen LogP contribution in [0.3, 0.4) is 0 Å². The van der Waals surface area contributed by atoms with E-state index in [0.29, 0.717) is 17.8 Å². The van der Waals surface area contributed by atoms with Crippen molar-refractivity contribution >= 4 is 5.78 Å². The van der Waals surface area contributed by atoms with Gasteiger partial charge in [0.15, 0.2) is 0 Å². The average molecular weight is 270 g/mol. The molecule has 1 aromatic carbocycles. The van der Waals surface area contributed by atoms with E-state index in [4.69, 9.17) is 0 Å². The summed E-state index contributed by atoms with van der Waals surface area (Å²) >= 11 is 0. The molecule has 0 saturated carbocycles. The largest absolute Gasteiger partial charge is 0.298 e. The van der Waals surface area contributed by atoms with Gasteiger partial charge < -0.3 is 0 Å². The Bertz CT molecular complexity index is 688. The maximum Gasteiger partial charge on any atom is 0.257 e. The molecule has 0 unspecified atom stereocenters. The first-order valence-corrected chi connectivity index (χ1v) is 6.69. The topological polar surface area (TPSA) is 52.0 Å². The molecule has 0 saturated heterocycles. The highest BCUT2D eigenvalue weighted by molar-refractivity contribution is 5.76. The summed E-state index contributed by atoms with van der Waals surface area (Å²) in [6, 6.07) is 9.49. The summed E-state index contributed by atoms with van der Waals surface area (Å²) in [5.41, 5.74) is 2.12. The van der Waals surface area contributed by atoms with Crippen LogP contribution in [-0.4, -0.2) is 15.3 Å². The van der Waals surface area contributed by atoms with Gasteiger partial charge in [-0.15, -0.1) is 0 Å². The van der Waals surface area contributed by atoms with Crippen LogP contribution >= 0.6 is 0 Å². The molecule has 0 atom stereocenters. The summed E-state index contributed by atoms with van der Waals surface area (Å²) in [7, 11) is 0. The third-order valence-corrected chi connectivity index (χ3v) is 3.24. The molecule has 0 fully saturated rings. The van der Waals surface area contributed by atoms with Crippen molar-refractivity contribution in [1.29, 1.82) is 0 Å². The molecule has 1 aromatic heterocycles. The van der Waals surface area contributed by atoms with Crippen molar-refractivity contribution in [3.63, 3.8) is 0 Å². The van der Waals surface area contributed by atoms with Gasteiger partial charge in [-0.3, -0.25) is 14.2 Å². The zero-order chi connectivity index (χ0) is 14.7. The Labute approximate surface area is 118 Å². The quantitative estimate of drug-likeness (QED) is 0.857. The van der Waals surface area contributed by atoms with E-state index in [1.54, 1.807) is 6.92 Å². The summed E-state index contributed by atoms with van der Waals surface area (Å²) < 4.78 is 1.46. The van der Waals surface area contributed by atoms with Crippen LogP contribution in [0, 0.1) is 6.92 Å². The molecule has 0 bridgehead atoms. The maximum atomic E-state index is 12.4. The Balaban J connectivity index is 2.73. The highest BCUT2D eigenvalue weighted by Crippen LogP contribution is 2.17. The lowest BCUT2D eigenvalue weighted by Gasteiger charge is -2.14. The highest BCUT2D eigenvalue weighted by atomic mass is 16.1. The standard InChI is InChI=1S/C16H18N2O2/c1-4-14-12(3)16(20)18(10-11(2)19)15(17-14)13-8-6-5-7-9-13/h5-9H,4,10H2,1-3H3. The normalized spacial score (nSPS) is 10.6. The molecule has 20 heavy (non-hydrogen) atoms. The predicted molar refractivity (Wildman–Crippen MR) is 78.7 cm³/mol. The Hall–Kier alpha value is -2.23. The number of aromatic nitrogens is 2. The van der Waals surface area contributed by atoms with E-state index >= 15 is 0 Å². The molecule has 0 radical (unpaired) electrons. The van der Waals surface area contributed by atoms with E-state index < -0.39 is 0 Å². The Kier molecular flexibility index (Phi) is 4.13. The minimum absolute atomic E-state index is 0.0564. The maximum absolute atomic E-state index is 12.4. The van der Waals surface area contributed by atoms with Crippen molar-refractivity contribution in [3.05, 3.63) is 51.9 Å². The van der Waals surface area contributed by atoms with Gasteiger partial charge >= 0.3 is 0 Å². The minimum atomic E-state index is -0.133. The second kappa shape index (κ2) is 5.82. The summed E-state index contributed by atoms with van der Waals surface area (Å²) in [5.74, 6) is 0.503. The monoisotopic (exact) mass is 270 g/mol. The van der Waals surface area contributed by atoms with Gasteiger partial charge in [-0.1, -0.05) is 37.3 Å². The number of hydrogen-bond acceptors (Lipinski definition) is 3. The van der Waals surface area contributed by atoms with E-state index in [2.05, 4.69) is 4.98 Å². The van der Waals surface area contributed by atoms with Crippen molar-refractivity contribution in [2.45, 2.75) is 33.7 Å². The zero-order valence-electron chi connectivity index (χ0n) is 12.0. The van der Waals surface area contributed by atoms with Gasteiger partial charge in [0.05, 0.1) is 12.2 Å². The molecule has 4 nitrogen and oxygen atoms in total. The highest BCUT2D eigenvalue weighted by Gasteiger charge is 2.14. The molecule has 0 N–H and O–H groups in total. The minimum Gasteiger partial charge on any atom is -0.298 e. The molecule has 0 amide bonds. The molecule has 2 rings (SSSR count). The van der Waals surface area contributed by atoms with Crippen LogP contribution in [0.25, 0.3) is 11.4 Å². The molecule has 2 aromatic rings. The van der Waals surface area contributed by atoms with Gasteiger partial charge in [0, 0.05) is 11.1 Å². The van der Waals surface area contributed by atoms with Gasteiger partial charge in [0.2, 0.25) is 0 Å². The Morgan fingerprint density at radius 1 is 1.25 bits per heavy atom. The number of nitrogens with zero attached hydrogens (tertiary/aromatic N) is 2. The van der Waals surface area contributed by atoms with Crippen LogP contribution in [-0.2, 0) is 17.8 Å². The molecule has 0 aliphatic heterocycles. The second-order valence-corrected chi connectivity index (χ2v) is 4.82. The van der Waals surface area contributed by atoms with E-state index in [0.717, 1.165) is 11.3 Å². The molecule has 0 aliphatic rings. The Morgan fingerprint density at radius 2 is 1.90 bits per heavy atom. The smallest absolute Gasteiger partial charge is 0.257 e. The van der Waals surface area contributed by atoms with Gasteiger partial charge in [0.1, 0.15) is 11.6 Å². The van der Waals surface area contributed by atoms with Gasteiger partial charge in [-0.05, 0) is 20.3 Å². The lowest BCUT2D eigenvalue weighted by Crippen LogP contribution is -2.29. The van der Waals surface area contributed by atoms with E-state index in [9.17, 15) is 9.59 Å². The Morgan fingerprint density at radius 3 is 2.45 bits per heavy atom. The first kappa shape index (κ1) is 14.2. The first-order chi connectivity index (χ1) is 9.54. The predicted octanol–water partition coefficient (Wildman–Crippen LogP) is 2.37. The molecular weight excluding hydrogens is 252 g/mol. The number of Topliss-reactive ketones (excluding diaryl/α,β-unsaturated/α-hetero) is 1. The number of hydrogen-bond donors (Lipinski definition) is 0. The number of ketones is 1. The third kappa shape index (κ3) is 2.69. The summed E-state index contributed by atoms with van der Waals surface area (Å²) in [5, 5.41) is 0. The fourth-order valence-electron chi connectivity index (χ4n) is 2.22. The molecule has 104 valence electrons. The summed E-state index contributed by atoms with van der Waals surface area (Å²) in [6.45, 7) is 5.27.